The molecule has 23 heavy (non-hydrogen) atoms. The number of likely N-dealkylation sites (N-methyl/N-ethyl adjacent to an activating group) is 1. The highest BCUT2D eigenvalue weighted by molar-refractivity contribution is 5.39. The van der Waals surface area contributed by atoms with Gasteiger partial charge in [-0.25, -0.2) is 0 Å². The van der Waals surface area contributed by atoms with Crippen molar-refractivity contribution in [3.8, 4) is 11.5 Å². The van der Waals surface area contributed by atoms with Gasteiger partial charge in [-0.3, -0.25) is 15.0 Å². The molecule has 2 aromatic carbocycles. The molecule has 2 aromatic rings. The van der Waals surface area contributed by atoms with Crippen LogP contribution in [0.4, 0.5) is 5.69 Å². The summed E-state index contributed by atoms with van der Waals surface area (Å²) < 4.78 is 10.8. The highest BCUT2D eigenvalue weighted by atomic mass is 16.6. The molecule has 0 spiro atoms. The van der Waals surface area contributed by atoms with Gasteiger partial charge in [-0.05, 0) is 31.3 Å². The third-order valence-corrected chi connectivity index (χ3v) is 3.43. The first kappa shape index (κ1) is 16.8. The molecular weight excluding hydrogens is 296 g/mol. The molecule has 6 heteroatoms. The summed E-state index contributed by atoms with van der Waals surface area (Å²) in [6.07, 6.45) is 0. The number of rotatable bonds is 8. The molecule has 0 saturated heterocycles. The Bertz CT molecular complexity index is 643. The average molecular weight is 316 g/mol. The molecule has 0 fully saturated rings. The third kappa shape index (κ3) is 4.96. The zero-order valence-electron chi connectivity index (χ0n) is 13.3. The number of ether oxygens (including phenoxy) is 2. The highest BCUT2D eigenvalue weighted by Gasteiger charge is 2.13. The van der Waals surface area contributed by atoms with Crippen molar-refractivity contribution in [2.24, 2.45) is 0 Å². The summed E-state index contributed by atoms with van der Waals surface area (Å²) in [7, 11) is 3.53. The van der Waals surface area contributed by atoms with Crippen LogP contribution in [0.2, 0.25) is 0 Å². The van der Waals surface area contributed by atoms with Crippen molar-refractivity contribution in [2.75, 3.05) is 27.3 Å². The first-order valence-electron chi connectivity index (χ1n) is 7.28. The van der Waals surface area contributed by atoms with Crippen molar-refractivity contribution in [2.45, 2.75) is 6.54 Å². The van der Waals surface area contributed by atoms with E-state index >= 15 is 0 Å². The van der Waals surface area contributed by atoms with E-state index in [0.29, 0.717) is 25.3 Å². The van der Waals surface area contributed by atoms with Crippen LogP contribution in [0, 0.1) is 10.1 Å². The molecule has 0 aromatic heterocycles. The molecule has 0 saturated carbocycles. The predicted molar refractivity (Wildman–Crippen MR) is 87.9 cm³/mol. The molecule has 2 rings (SSSR count). The van der Waals surface area contributed by atoms with E-state index in [1.807, 2.05) is 42.3 Å². The van der Waals surface area contributed by atoms with E-state index in [0.717, 1.165) is 11.5 Å². The fraction of sp³-hybridized carbons (Fsp3) is 0.294. The lowest BCUT2D eigenvalue weighted by Gasteiger charge is -2.17. The van der Waals surface area contributed by atoms with Crippen LogP contribution in [0.3, 0.4) is 0 Å². The van der Waals surface area contributed by atoms with E-state index in [2.05, 4.69) is 0 Å². The largest absolute Gasteiger partial charge is 0.497 e. The van der Waals surface area contributed by atoms with Gasteiger partial charge in [0.15, 0.2) is 0 Å². The van der Waals surface area contributed by atoms with Gasteiger partial charge in [-0.1, -0.05) is 18.2 Å². The Balaban J connectivity index is 1.83. The Morgan fingerprint density at radius 3 is 2.39 bits per heavy atom. The van der Waals surface area contributed by atoms with Crippen molar-refractivity contribution < 1.29 is 14.4 Å². The van der Waals surface area contributed by atoms with Gasteiger partial charge in [0.05, 0.1) is 12.0 Å². The Kier molecular flexibility index (Phi) is 5.94. The lowest BCUT2D eigenvalue weighted by Crippen LogP contribution is -2.24. The van der Waals surface area contributed by atoms with Crippen LogP contribution in [0.15, 0.2) is 48.5 Å². The van der Waals surface area contributed by atoms with Crippen molar-refractivity contribution >= 4 is 5.69 Å². The summed E-state index contributed by atoms with van der Waals surface area (Å²) in [5.41, 5.74) is 0.847. The molecule has 0 heterocycles. The van der Waals surface area contributed by atoms with Crippen molar-refractivity contribution in [1.29, 1.82) is 0 Å². The first-order valence-corrected chi connectivity index (χ1v) is 7.28. The van der Waals surface area contributed by atoms with Crippen LogP contribution in [0.25, 0.3) is 0 Å². The number of nitrogens with zero attached hydrogens (tertiary/aromatic N) is 2. The van der Waals surface area contributed by atoms with Crippen molar-refractivity contribution in [1.82, 2.24) is 4.90 Å². The summed E-state index contributed by atoms with van der Waals surface area (Å²) in [5.74, 6) is 1.55. The molecule has 0 aliphatic heterocycles. The van der Waals surface area contributed by atoms with Crippen LogP contribution in [-0.2, 0) is 6.54 Å². The summed E-state index contributed by atoms with van der Waals surface area (Å²) in [6.45, 7) is 1.67. The topological polar surface area (TPSA) is 64.8 Å². The van der Waals surface area contributed by atoms with Crippen LogP contribution >= 0.6 is 0 Å². The van der Waals surface area contributed by atoms with Gasteiger partial charge in [-0.2, -0.15) is 0 Å². The van der Waals surface area contributed by atoms with E-state index < -0.39 is 0 Å². The molecule has 0 amide bonds. The minimum atomic E-state index is -0.350. The third-order valence-electron chi connectivity index (χ3n) is 3.43. The van der Waals surface area contributed by atoms with E-state index in [1.54, 1.807) is 19.2 Å². The zero-order valence-corrected chi connectivity index (χ0v) is 13.3. The van der Waals surface area contributed by atoms with Crippen molar-refractivity contribution in [3.63, 3.8) is 0 Å². The quantitative estimate of drug-likeness (QED) is 0.553. The molecule has 0 bridgehead atoms. The molecule has 0 N–H and O–H groups in total. The molecule has 0 aliphatic carbocycles. The first-order chi connectivity index (χ1) is 11.1. The number of methoxy groups -OCH3 is 1. The minimum absolute atomic E-state index is 0.149. The van der Waals surface area contributed by atoms with Crippen LogP contribution in [0.5, 0.6) is 11.5 Å². The monoisotopic (exact) mass is 316 g/mol. The van der Waals surface area contributed by atoms with E-state index in [-0.39, 0.29) is 10.6 Å². The lowest BCUT2D eigenvalue weighted by atomic mass is 10.1. The maximum Gasteiger partial charge on any atom is 0.273 e. The van der Waals surface area contributed by atoms with E-state index in [9.17, 15) is 10.1 Å². The Labute approximate surface area is 135 Å². The summed E-state index contributed by atoms with van der Waals surface area (Å²) in [5, 5.41) is 11.0. The van der Waals surface area contributed by atoms with Crippen LogP contribution in [0.1, 0.15) is 5.56 Å². The normalized spacial score (nSPS) is 10.6. The minimum Gasteiger partial charge on any atom is -0.497 e. The number of hydrogen-bond acceptors (Lipinski definition) is 5. The van der Waals surface area contributed by atoms with Gasteiger partial charge in [0.25, 0.3) is 5.69 Å². The molecular formula is C17H20N2O4. The maximum atomic E-state index is 11.0. The fourth-order valence-corrected chi connectivity index (χ4v) is 2.18. The standard InChI is InChI=1S/C17H20N2O4/c1-18(13-14-5-3-4-6-17(14)19(20)21)11-12-23-16-9-7-15(22-2)8-10-16/h3-10H,11-13H2,1-2H3. The van der Waals surface area contributed by atoms with Gasteiger partial charge >= 0.3 is 0 Å². The lowest BCUT2D eigenvalue weighted by molar-refractivity contribution is -0.385. The Hall–Kier alpha value is -2.60. The molecule has 6 nitrogen and oxygen atoms in total. The number of nitro groups is 1. The number of para-hydroxylation sites is 1. The number of benzene rings is 2. The maximum absolute atomic E-state index is 11.0. The average Bonchev–Trinajstić information content (AvgIpc) is 2.56. The van der Waals surface area contributed by atoms with E-state index in [4.69, 9.17) is 9.47 Å². The molecule has 0 aliphatic rings. The second-order valence-electron chi connectivity index (χ2n) is 5.15. The summed E-state index contributed by atoms with van der Waals surface area (Å²) >= 11 is 0. The van der Waals surface area contributed by atoms with Gasteiger partial charge in [0.2, 0.25) is 0 Å². The number of nitro benzene ring substituents is 1. The molecule has 122 valence electrons. The SMILES string of the molecule is COc1ccc(OCCN(C)Cc2ccccc2[N+](=O)[O-])cc1. The smallest absolute Gasteiger partial charge is 0.273 e. The summed E-state index contributed by atoms with van der Waals surface area (Å²) in [6, 6.07) is 14.2. The molecule has 0 radical (unpaired) electrons. The second kappa shape index (κ2) is 8.14. The zero-order chi connectivity index (χ0) is 16.7. The van der Waals surface area contributed by atoms with Gasteiger partial charge in [0.1, 0.15) is 18.1 Å². The Morgan fingerprint density at radius 1 is 1.09 bits per heavy atom. The second-order valence-corrected chi connectivity index (χ2v) is 5.15. The van der Waals surface area contributed by atoms with Gasteiger partial charge < -0.3 is 9.47 Å². The Morgan fingerprint density at radius 2 is 1.74 bits per heavy atom. The predicted octanol–water partition coefficient (Wildman–Crippen LogP) is 3.11. The van der Waals surface area contributed by atoms with Gasteiger partial charge in [-0.15, -0.1) is 0 Å². The highest BCUT2D eigenvalue weighted by Crippen LogP contribution is 2.19. The van der Waals surface area contributed by atoms with E-state index in [1.165, 1.54) is 6.07 Å². The molecule has 0 atom stereocenters. The summed E-state index contributed by atoms with van der Waals surface area (Å²) in [4.78, 5) is 12.6. The van der Waals surface area contributed by atoms with Crippen LogP contribution < -0.4 is 9.47 Å². The number of hydrogen-bond donors (Lipinski definition) is 0. The van der Waals surface area contributed by atoms with Crippen LogP contribution in [-0.4, -0.2) is 37.1 Å². The van der Waals surface area contributed by atoms with Gasteiger partial charge in [0, 0.05) is 24.7 Å². The fourth-order valence-electron chi connectivity index (χ4n) is 2.18. The molecule has 0 unspecified atom stereocenters. The van der Waals surface area contributed by atoms with Crippen molar-refractivity contribution in [3.05, 3.63) is 64.2 Å².